The lowest BCUT2D eigenvalue weighted by Gasteiger charge is -2.16. The van der Waals surface area contributed by atoms with Gasteiger partial charge in [-0.15, -0.1) is 0 Å². The van der Waals surface area contributed by atoms with Gasteiger partial charge in [-0.25, -0.2) is 8.78 Å². The highest BCUT2D eigenvalue weighted by molar-refractivity contribution is 9.10. The van der Waals surface area contributed by atoms with Crippen molar-refractivity contribution in [2.24, 2.45) is 0 Å². The number of halogens is 3. The van der Waals surface area contributed by atoms with E-state index in [0.29, 0.717) is 31.6 Å². The van der Waals surface area contributed by atoms with Crippen LogP contribution in [-0.4, -0.2) is 24.2 Å². The highest BCUT2D eigenvalue weighted by Gasteiger charge is 2.23. The second-order valence-electron chi connectivity index (χ2n) is 3.82. The maximum Gasteiger partial charge on any atom is 0.128 e. The zero-order chi connectivity index (χ0) is 10.8. The van der Waals surface area contributed by atoms with Crippen LogP contribution in [-0.2, 0) is 6.54 Å². The molecule has 0 N–H and O–H groups in total. The Morgan fingerprint density at radius 2 is 2.27 bits per heavy atom. The smallest absolute Gasteiger partial charge is 0.128 e. The molecule has 0 bridgehead atoms. The van der Waals surface area contributed by atoms with Crippen molar-refractivity contribution in [3.63, 3.8) is 0 Å². The molecular formula is C11H12BrF2N. The quantitative estimate of drug-likeness (QED) is 0.802. The molecule has 1 nitrogen and oxygen atoms in total. The van der Waals surface area contributed by atoms with Crippen LogP contribution in [0.25, 0.3) is 0 Å². The highest BCUT2D eigenvalue weighted by atomic mass is 79.9. The van der Waals surface area contributed by atoms with Crippen LogP contribution >= 0.6 is 15.9 Å². The first kappa shape index (κ1) is 11.0. The van der Waals surface area contributed by atoms with Crippen LogP contribution in [0.3, 0.4) is 0 Å². The first-order chi connectivity index (χ1) is 7.16. The largest absolute Gasteiger partial charge is 0.296 e. The van der Waals surface area contributed by atoms with Gasteiger partial charge in [-0.2, -0.15) is 0 Å². The highest BCUT2D eigenvalue weighted by Crippen LogP contribution is 2.23. The lowest BCUT2D eigenvalue weighted by molar-refractivity contribution is 0.279. The zero-order valence-corrected chi connectivity index (χ0v) is 9.80. The minimum absolute atomic E-state index is 0.230. The van der Waals surface area contributed by atoms with E-state index in [-0.39, 0.29) is 5.82 Å². The number of nitrogens with zero attached hydrogens (tertiary/aromatic N) is 1. The van der Waals surface area contributed by atoms with Crippen LogP contribution in [0, 0.1) is 5.82 Å². The molecule has 1 aromatic rings. The molecule has 15 heavy (non-hydrogen) atoms. The summed E-state index contributed by atoms with van der Waals surface area (Å²) in [6.07, 6.45) is -0.193. The summed E-state index contributed by atoms with van der Waals surface area (Å²) in [4.78, 5) is 1.94. The van der Waals surface area contributed by atoms with Gasteiger partial charge in [0.25, 0.3) is 0 Å². The normalized spacial score (nSPS) is 22.2. The topological polar surface area (TPSA) is 3.24 Å². The molecule has 0 aliphatic carbocycles. The Hall–Kier alpha value is -0.480. The summed E-state index contributed by atoms with van der Waals surface area (Å²) in [5.41, 5.74) is 0.617. The van der Waals surface area contributed by atoms with E-state index < -0.39 is 6.17 Å². The number of benzene rings is 1. The Kier molecular flexibility index (Phi) is 3.36. The predicted octanol–water partition coefficient (Wildman–Crippen LogP) is 3.13. The molecule has 1 fully saturated rings. The van der Waals surface area contributed by atoms with Crippen molar-refractivity contribution >= 4 is 15.9 Å². The Morgan fingerprint density at radius 1 is 1.47 bits per heavy atom. The van der Waals surface area contributed by atoms with Crippen molar-refractivity contribution in [2.45, 2.75) is 19.1 Å². The van der Waals surface area contributed by atoms with E-state index in [2.05, 4.69) is 15.9 Å². The third-order valence-corrected chi connectivity index (χ3v) is 3.40. The van der Waals surface area contributed by atoms with E-state index in [4.69, 9.17) is 0 Å². The molecule has 0 unspecified atom stereocenters. The number of hydrogen-bond donors (Lipinski definition) is 0. The molecule has 0 radical (unpaired) electrons. The van der Waals surface area contributed by atoms with E-state index in [9.17, 15) is 8.78 Å². The summed E-state index contributed by atoms with van der Waals surface area (Å²) in [6, 6.07) is 4.90. The summed E-state index contributed by atoms with van der Waals surface area (Å²) in [6.45, 7) is 1.61. The second-order valence-corrected chi connectivity index (χ2v) is 4.68. The number of alkyl halides is 1. The molecule has 0 saturated carbocycles. The molecule has 1 aliphatic rings. The predicted molar refractivity (Wildman–Crippen MR) is 58.9 cm³/mol. The third-order valence-electron chi connectivity index (χ3n) is 2.66. The summed E-state index contributed by atoms with van der Waals surface area (Å²) in [5, 5.41) is 0. The maximum atomic E-state index is 13.5. The number of rotatable bonds is 2. The van der Waals surface area contributed by atoms with Crippen LogP contribution in [0.4, 0.5) is 8.78 Å². The molecule has 1 saturated heterocycles. The molecule has 0 aromatic heterocycles. The van der Waals surface area contributed by atoms with Gasteiger partial charge in [0, 0.05) is 29.7 Å². The fourth-order valence-electron chi connectivity index (χ4n) is 1.84. The van der Waals surface area contributed by atoms with Crippen molar-refractivity contribution in [2.75, 3.05) is 13.1 Å². The first-order valence-corrected chi connectivity index (χ1v) is 5.75. The fraction of sp³-hybridized carbons (Fsp3) is 0.455. The fourth-order valence-corrected chi connectivity index (χ4v) is 2.30. The van der Waals surface area contributed by atoms with Gasteiger partial charge in [0.1, 0.15) is 12.0 Å². The van der Waals surface area contributed by atoms with Crippen molar-refractivity contribution in [3.8, 4) is 0 Å². The average Bonchev–Trinajstić information content (AvgIpc) is 2.58. The molecule has 1 atom stereocenters. The van der Waals surface area contributed by atoms with Crippen molar-refractivity contribution in [1.29, 1.82) is 0 Å². The lowest BCUT2D eigenvalue weighted by Crippen LogP contribution is -2.21. The monoisotopic (exact) mass is 275 g/mol. The number of hydrogen-bond acceptors (Lipinski definition) is 1. The van der Waals surface area contributed by atoms with Gasteiger partial charge in [0.05, 0.1) is 0 Å². The number of likely N-dealkylation sites (tertiary alicyclic amines) is 1. The SMILES string of the molecule is Fc1cccc(Br)c1CN1CC[C@@H](F)C1. The zero-order valence-electron chi connectivity index (χ0n) is 8.22. The molecule has 82 valence electrons. The van der Waals surface area contributed by atoms with Crippen LogP contribution in [0.15, 0.2) is 22.7 Å². The van der Waals surface area contributed by atoms with Gasteiger partial charge in [0.2, 0.25) is 0 Å². The van der Waals surface area contributed by atoms with Crippen LogP contribution in [0.2, 0.25) is 0 Å². The molecule has 1 heterocycles. The molecule has 0 spiro atoms. The molecule has 1 aromatic carbocycles. The first-order valence-electron chi connectivity index (χ1n) is 4.96. The summed E-state index contributed by atoms with van der Waals surface area (Å²) in [7, 11) is 0. The maximum absolute atomic E-state index is 13.5. The van der Waals surface area contributed by atoms with Gasteiger partial charge >= 0.3 is 0 Å². The van der Waals surface area contributed by atoms with Crippen molar-refractivity contribution < 1.29 is 8.78 Å². The lowest BCUT2D eigenvalue weighted by atomic mass is 10.2. The average molecular weight is 276 g/mol. The minimum atomic E-state index is -0.754. The Labute approximate surface area is 96.2 Å². The van der Waals surface area contributed by atoms with E-state index in [1.165, 1.54) is 6.07 Å². The van der Waals surface area contributed by atoms with Crippen molar-refractivity contribution in [3.05, 3.63) is 34.1 Å². The molecular weight excluding hydrogens is 264 g/mol. The molecule has 0 amide bonds. The molecule has 1 aliphatic heterocycles. The van der Waals surface area contributed by atoms with Crippen LogP contribution < -0.4 is 0 Å². The van der Waals surface area contributed by atoms with Crippen molar-refractivity contribution in [1.82, 2.24) is 4.90 Å². The van der Waals surface area contributed by atoms with E-state index in [1.54, 1.807) is 12.1 Å². The van der Waals surface area contributed by atoms with Gasteiger partial charge in [-0.3, -0.25) is 4.90 Å². The van der Waals surface area contributed by atoms with E-state index in [1.807, 2.05) is 4.90 Å². The second kappa shape index (κ2) is 4.58. The van der Waals surface area contributed by atoms with Crippen LogP contribution in [0.1, 0.15) is 12.0 Å². The minimum Gasteiger partial charge on any atom is -0.296 e. The Balaban J connectivity index is 2.10. The van der Waals surface area contributed by atoms with E-state index >= 15 is 0 Å². The van der Waals surface area contributed by atoms with Gasteiger partial charge in [-0.1, -0.05) is 22.0 Å². The van der Waals surface area contributed by atoms with Gasteiger partial charge in [0.15, 0.2) is 0 Å². The Morgan fingerprint density at radius 3 is 2.87 bits per heavy atom. The van der Waals surface area contributed by atoms with E-state index in [0.717, 1.165) is 4.47 Å². The van der Waals surface area contributed by atoms with Gasteiger partial charge in [-0.05, 0) is 18.6 Å². The van der Waals surface area contributed by atoms with Crippen LogP contribution in [0.5, 0.6) is 0 Å². The Bertz CT molecular complexity index is 336. The summed E-state index contributed by atoms with van der Waals surface area (Å²) < 4.78 is 27.1. The molecule has 4 heteroatoms. The third kappa shape index (κ3) is 2.55. The summed E-state index contributed by atoms with van der Waals surface area (Å²) in [5.74, 6) is -0.230. The standard InChI is InChI=1S/C11H12BrF2N/c12-10-2-1-3-11(14)9(10)7-15-5-4-8(13)6-15/h1-3,8H,4-7H2/t8-/m1/s1. The summed E-state index contributed by atoms with van der Waals surface area (Å²) >= 11 is 3.31. The van der Waals surface area contributed by atoms with Gasteiger partial charge < -0.3 is 0 Å². The molecule has 2 rings (SSSR count).